The van der Waals surface area contributed by atoms with Crippen molar-refractivity contribution in [3.8, 4) is 0 Å². The maximum Gasteiger partial charge on any atom is 0.159 e. The molecule has 0 aromatic heterocycles. The summed E-state index contributed by atoms with van der Waals surface area (Å²) in [6.45, 7) is 1.57. The number of nitrogens with two attached hydrogens (primary N) is 1. The fourth-order valence-corrected chi connectivity index (χ4v) is 1.78. The van der Waals surface area contributed by atoms with Gasteiger partial charge in [0, 0.05) is 29.7 Å². The lowest BCUT2D eigenvalue weighted by atomic mass is 10.1. The highest BCUT2D eigenvalue weighted by molar-refractivity contribution is 5.95. The molecule has 3 heteroatoms. The van der Waals surface area contributed by atoms with Gasteiger partial charge in [0.15, 0.2) is 5.78 Å². The van der Waals surface area contributed by atoms with Crippen LogP contribution in [0.1, 0.15) is 17.3 Å². The zero-order valence-corrected chi connectivity index (χ0v) is 10.6. The number of anilines is 3. The van der Waals surface area contributed by atoms with Crippen LogP contribution in [0.15, 0.2) is 48.5 Å². The van der Waals surface area contributed by atoms with Crippen LogP contribution in [0.3, 0.4) is 0 Å². The second kappa shape index (κ2) is 4.92. The molecule has 0 aliphatic carbocycles. The Morgan fingerprint density at radius 3 is 2.33 bits per heavy atom. The maximum atomic E-state index is 11.4. The molecule has 0 saturated carbocycles. The number of carbonyl (C=O) groups excluding carboxylic acids is 1. The van der Waals surface area contributed by atoms with Crippen LogP contribution in [0.5, 0.6) is 0 Å². The van der Waals surface area contributed by atoms with Gasteiger partial charge in [0.05, 0.1) is 0 Å². The number of carbonyl (C=O) groups is 1. The first-order valence-corrected chi connectivity index (χ1v) is 5.78. The molecule has 0 aliphatic rings. The van der Waals surface area contributed by atoms with Crippen LogP contribution in [0.4, 0.5) is 17.1 Å². The van der Waals surface area contributed by atoms with Gasteiger partial charge in [-0.05, 0) is 43.3 Å². The number of hydrogen-bond acceptors (Lipinski definition) is 3. The minimum absolute atomic E-state index is 0.0718. The summed E-state index contributed by atoms with van der Waals surface area (Å²) in [5.74, 6) is 0.0718. The standard InChI is InChI=1S/C15H16N2O/c1-11(18)12-4-3-5-15(10-12)17(2)14-8-6-13(16)7-9-14/h3-10H,16H2,1-2H3. The Balaban J connectivity index is 2.33. The highest BCUT2D eigenvalue weighted by atomic mass is 16.1. The van der Waals surface area contributed by atoms with E-state index >= 15 is 0 Å². The van der Waals surface area contributed by atoms with Gasteiger partial charge in [0.1, 0.15) is 0 Å². The van der Waals surface area contributed by atoms with Gasteiger partial charge in [-0.2, -0.15) is 0 Å². The van der Waals surface area contributed by atoms with E-state index < -0.39 is 0 Å². The van der Waals surface area contributed by atoms with Gasteiger partial charge in [0.25, 0.3) is 0 Å². The predicted molar refractivity (Wildman–Crippen MR) is 75.4 cm³/mol. The molecule has 2 N–H and O–H groups in total. The summed E-state index contributed by atoms with van der Waals surface area (Å²) in [5.41, 5.74) is 9.14. The number of Topliss-reactive ketones (excluding diaryl/α,β-unsaturated/α-hetero) is 1. The normalized spacial score (nSPS) is 10.1. The Bertz CT molecular complexity index is 561. The molecule has 0 bridgehead atoms. The molecular formula is C15H16N2O. The van der Waals surface area contributed by atoms with Crippen LogP contribution < -0.4 is 10.6 Å². The number of ketones is 1. The summed E-state index contributed by atoms with van der Waals surface area (Å²) < 4.78 is 0. The van der Waals surface area contributed by atoms with E-state index in [0.717, 1.165) is 22.6 Å². The number of hydrogen-bond donors (Lipinski definition) is 1. The van der Waals surface area contributed by atoms with E-state index in [1.807, 2.05) is 60.5 Å². The zero-order chi connectivity index (χ0) is 13.1. The minimum atomic E-state index is 0.0718. The summed E-state index contributed by atoms with van der Waals surface area (Å²) >= 11 is 0. The topological polar surface area (TPSA) is 46.3 Å². The average molecular weight is 240 g/mol. The van der Waals surface area contributed by atoms with Gasteiger partial charge in [-0.3, -0.25) is 4.79 Å². The molecular weight excluding hydrogens is 224 g/mol. The van der Waals surface area contributed by atoms with E-state index in [1.165, 1.54) is 0 Å². The van der Waals surface area contributed by atoms with E-state index in [4.69, 9.17) is 5.73 Å². The minimum Gasteiger partial charge on any atom is -0.399 e. The van der Waals surface area contributed by atoms with Crippen molar-refractivity contribution in [1.82, 2.24) is 0 Å². The van der Waals surface area contributed by atoms with Crippen molar-refractivity contribution < 1.29 is 4.79 Å². The van der Waals surface area contributed by atoms with Gasteiger partial charge in [0.2, 0.25) is 0 Å². The molecule has 2 rings (SSSR count). The summed E-state index contributed by atoms with van der Waals surface area (Å²) in [6.07, 6.45) is 0. The van der Waals surface area contributed by atoms with Crippen LogP contribution in [-0.4, -0.2) is 12.8 Å². The number of nitrogen functional groups attached to an aromatic ring is 1. The first-order valence-electron chi connectivity index (χ1n) is 5.78. The molecule has 18 heavy (non-hydrogen) atoms. The largest absolute Gasteiger partial charge is 0.399 e. The molecule has 0 atom stereocenters. The lowest BCUT2D eigenvalue weighted by Crippen LogP contribution is -2.10. The molecule has 0 radical (unpaired) electrons. The predicted octanol–water partition coefficient (Wildman–Crippen LogP) is 3.24. The second-order valence-corrected chi connectivity index (χ2v) is 4.26. The Kier molecular flexibility index (Phi) is 3.33. The first kappa shape index (κ1) is 12.2. The molecule has 3 nitrogen and oxygen atoms in total. The molecule has 0 spiro atoms. The second-order valence-electron chi connectivity index (χ2n) is 4.26. The van der Waals surface area contributed by atoms with Crippen molar-refractivity contribution in [2.24, 2.45) is 0 Å². The highest BCUT2D eigenvalue weighted by Crippen LogP contribution is 2.25. The Hall–Kier alpha value is -2.29. The molecule has 0 heterocycles. The summed E-state index contributed by atoms with van der Waals surface area (Å²) in [4.78, 5) is 13.4. The number of rotatable bonds is 3. The summed E-state index contributed by atoms with van der Waals surface area (Å²) in [7, 11) is 1.96. The van der Waals surface area contributed by atoms with Gasteiger partial charge < -0.3 is 10.6 Å². The Labute approximate surface area is 107 Å². The van der Waals surface area contributed by atoms with Crippen LogP contribution in [0, 0.1) is 0 Å². The fourth-order valence-electron chi connectivity index (χ4n) is 1.78. The molecule has 0 amide bonds. The summed E-state index contributed by atoms with van der Waals surface area (Å²) in [6, 6.07) is 15.2. The third-order valence-electron chi connectivity index (χ3n) is 2.92. The zero-order valence-electron chi connectivity index (χ0n) is 10.6. The molecule has 2 aromatic carbocycles. The third kappa shape index (κ3) is 2.51. The monoisotopic (exact) mass is 240 g/mol. The third-order valence-corrected chi connectivity index (χ3v) is 2.92. The molecule has 2 aromatic rings. The van der Waals surface area contributed by atoms with E-state index in [2.05, 4.69) is 0 Å². The molecule has 0 fully saturated rings. The maximum absolute atomic E-state index is 11.4. The van der Waals surface area contributed by atoms with E-state index in [9.17, 15) is 4.79 Å². The molecule has 0 saturated heterocycles. The number of nitrogens with zero attached hydrogens (tertiary/aromatic N) is 1. The lowest BCUT2D eigenvalue weighted by molar-refractivity contribution is 0.101. The Morgan fingerprint density at radius 2 is 1.72 bits per heavy atom. The highest BCUT2D eigenvalue weighted by Gasteiger charge is 2.06. The van der Waals surface area contributed by atoms with Gasteiger partial charge >= 0.3 is 0 Å². The van der Waals surface area contributed by atoms with Gasteiger partial charge in [-0.1, -0.05) is 12.1 Å². The SMILES string of the molecule is CC(=O)c1cccc(N(C)c2ccc(N)cc2)c1. The van der Waals surface area contributed by atoms with Crippen molar-refractivity contribution in [2.75, 3.05) is 17.7 Å². The first-order chi connectivity index (χ1) is 8.58. The van der Waals surface area contributed by atoms with E-state index in [-0.39, 0.29) is 5.78 Å². The molecule has 0 aliphatic heterocycles. The van der Waals surface area contributed by atoms with Crippen molar-refractivity contribution in [2.45, 2.75) is 6.92 Å². The fraction of sp³-hybridized carbons (Fsp3) is 0.133. The van der Waals surface area contributed by atoms with Crippen LogP contribution in [0.2, 0.25) is 0 Å². The van der Waals surface area contributed by atoms with Crippen molar-refractivity contribution >= 4 is 22.8 Å². The van der Waals surface area contributed by atoms with Crippen LogP contribution in [-0.2, 0) is 0 Å². The van der Waals surface area contributed by atoms with Crippen molar-refractivity contribution in [1.29, 1.82) is 0 Å². The molecule has 92 valence electrons. The quantitative estimate of drug-likeness (QED) is 0.661. The molecule has 0 unspecified atom stereocenters. The van der Waals surface area contributed by atoms with E-state index in [1.54, 1.807) is 6.92 Å². The summed E-state index contributed by atoms with van der Waals surface area (Å²) in [5, 5.41) is 0. The smallest absolute Gasteiger partial charge is 0.159 e. The van der Waals surface area contributed by atoms with Crippen LogP contribution in [0.25, 0.3) is 0 Å². The van der Waals surface area contributed by atoms with Crippen molar-refractivity contribution in [3.63, 3.8) is 0 Å². The van der Waals surface area contributed by atoms with Crippen molar-refractivity contribution in [3.05, 3.63) is 54.1 Å². The average Bonchev–Trinajstić information content (AvgIpc) is 2.39. The van der Waals surface area contributed by atoms with Crippen LogP contribution >= 0.6 is 0 Å². The lowest BCUT2D eigenvalue weighted by Gasteiger charge is -2.20. The van der Waals surface area contributed by atoms with E-state index in [0.29, 0.717) is 0 Å². The Morgan fingerprint density at radius 1 is 1.06 bits per heavy atom. The number of benzene rings is 2. The van der Waals surface area contributed by atoms with Gasteiger partial charge in [-0.25, -0.2) is 0 Å². The van der Waals surface area contributed by atoms with Gasteiger partial charge in [-0.15, -0.1) is 0 Å².